The molecule has 0 aliphatic rings. The van der Waals surface area contributed by atoms with Crippen molar-refractivity contribution in [3.05, 3.63) is 35.9 Å². The molecule has 0 heterocycles. The van der Waals surface area contributed by atoms with Gasteiger partial charge in [0.15, 0.2) is 6.29 Å². The highest BCUT2D eigenvalue weighted by atomic mass is 16.5. The van der Waals surface area contributed by atoms with E-state index in [1.165, 1.54) is 0 Å². The van der Waals surface area contributed by atoms with E-state index in [0.717, 1.165) is 5.56 Å². The topological polar surface area (TPSA) is 83.8 Å². The number of hydrogen-bond acceptors (Lipinski definition) is 5. The van der Waals surface area contributed by atoms with E-state index in [1.807, 2.05) is 6.07 Å². The molecule has 0 aliphatic heterocycles. The summed E-state index contributed by atoms with van der Waals surface area (Å²) >= 11 is 0. The summed E-state index contributed by atoms with van der Waals surface area (Å²) in [5, 5.41) is 18.8. The molecule has 0 aromatic heterocycles. The monoisotopic (exact) mass is 253 g/mol. The van der Waals surface area contributed by atoms with Gasteiger partial charge in [0, 0.05) is 0 Å². The summed E-state index contributed by atoms with van der Waals surface area (Å²) in [5.74, 6) is -1.38. The van der Waals surface area contributed by atoms with Gasteiger partial charge < -0.3 is 24.5 Å². The minimum absolute atomic E-state index is 0.0843. The zero-order valence-corrected chi connectivity index (χ0v) is 9.68. The zero-order valence-electron chi connectivity index (χ0n) is 10.7. The Morgan fingerprint density at radius 1 is 1.28 bits per heavy atom. The predicted molar refractivity (Wildman–Crippen MR) is 63.7 cm³/mol. The predicted octanol–water partition coefficient (Wildman–Crippen LogP) is -0.0610. The van der Waals surface area contributed by atoms with Gasteiger partial charge in [0.05, 0.1) is 26.6 Å². The van der Waals surface area contributed by atoms with Crippen molar-refractivity contribution < 1.29 is 25.9 Å². The highest BCUT2D eigenvalue weighted by Crippen LogP contribution is 2.10. The van der Waals surface area contributed by atoms with Crippen molar-refractivity contribution in [1.82, 2.24) is 0 Å². The van der Waals surface area contributed by atoms with Crippen molar-refractivity contribution >= 4 is 12.6 Å². The number of aliphatic hydroxyl groups is 2. The Hall–Kier alpha value is -1.56. The number of benzene rings is 1. The van der Waals surface area contributed by atoms with E-state index < -0.39 is 24.7 Å². The van der Waals surface area contributed by atoms with Gasteiger partial charge in [-0.2, -0.15) is 0 Å². The van der Waals surface area contributed by atoms with Crippen LogP contribution in [0.1, 0.15) is 6.93 Å². The maximum atomic E-state index is 10.9. The second kappa shape index (κ2) is 7.71. The first kappa shape index (κ1) is 12.9. The van der Waals surface area contributed by atoms with Crippen LogP contribution >= 0.6 is 0 Å². The molecule has 98 valence electrons. The smallest absolute Gasteiger partial charge is 0.151 e. The first-order valence-corrected chi connectivity index (χ1v) is 5.44. The van der Waals surface area contributed by atoms with Gasteiger partial charge in [0.2, 0.25) is 0 Å². The van der Waals surface area contributed by atoms with Gasteiger partial charge in [-0.15, -0.1) is 0 Å². The van der Waals surface area contributed by atoms with Crippen LogP contribution in [0.25, 0.3) is 0 Å². The third kappa shape index (κ3) is 4.03. The lowest BCUT2D eigenvalue weighted by atomic mass is 10.0. The lowest BCUT2D eigenvalue weighted by Crippen LogP contribution is -2.39. The van der Waals surface area contributed by atoms with Gasteiger partial charge >= 0.3 is 0 Å². The molecule has 0 bridgehead atoms. The summed E-state index contributed by atoms with van der Waals surface area (Å²) in [4.78, 5) is 21.5. The minimum atomic E-state index is -1.80. The zero-order chi connectivity index (χ0) is 14.3. The molecular weight excluding hydrogens is 236 g/mol. The van der Waals surface area contributed by atoms with Crippen molar-refractivity contribution in [2.75, 3.05) is 6.58 Å². The van der Waals surface area contributed by atoms with Crippen molar-refractivity contribution in [1.29, 1.82) is 0 Å². The summed E-state index contributed by atoms with van der Waals surface area (Å²) in [6, 6.07) is 8.99. The molecule has 4 atom stereocenters. The molecule has 0 spiro atoms. The average molecular weight is 253 g/mol. The molecule has 0 amide bonds. The number of carbonyl (C=O) groups is 2. The Kier molecular flexibility index (Phi) is 5.52. The maximum absolute atomic E-state index is 10.9. The SMILES string of the molecule is [2H]C(O)[C@@H](C=O)[C@@H](O)[C@@H](C=O)OCc1ccccc1. The first-order valence-electron chi connectivity index (χ1n) is 6.02. The normalized spacial score (nSPS) is 18.2. The van der Waals surface area contributed by atoms with Crippen LogP contribution in [0.15, 0.2) is 30.3 Å². The third-order valence-corrected chi connectivity index (χ3v) is 2.48. The van der Waals surface area contributed by atoms with Gasteiger partial charge in [0.25, 0.3) is 0 Å². The fourth-order valence-corrected chi connectivity index (χ4v) is 1.41. The van der Waals surface area contributed by atoms with Gasteiger partial charge in [-0.05, 0) is 5.56 Å². The summed E-state index contributed by atoms with van der Waals surface area (Å²) in [6.45, 7) is -1.71. The number of carbonyl (C=O) groups excluding carboxylic acids is 2. The standard InChI is InChI=1S/C13H16O5/c14-6-11(7-15)13(17)12(8-16)18-9-10-4-2-1-3-5-10/h1-6,8,11-13,15,17H,7,9H2/t11-,12-,13-/m1/s1/i7D/t7?,11-,12-,13-. The van der Waals surface area contributed by atoms with E-state index in [1.54, 1.807) is 24.3 Å². The lowest BCUT2D eigenvalue weighted by Gasteiger charge is -2.21. The molecule has 0 fully saturated rings. The number of rotatable bonds is 8. The highest BCUT2D eigenvalue weighted by molar-refractivity contribution is 5.61. The molecule has 1 rings (SSSR count). The van der Waals surface area contributed by atoms with Crippen LogP contribution in [0.2, 0.25) is 0 Å². The van der Waals surface area contributed by atoms with Crippen LogP contribution in [-0.2, 0) is 20.9 Å². The summed E-state index contributed by atoms with van der Waals surface area (Å²) in [5.41, 5.74) is 0.802. The summed E-state index contributed by atoms with van der Waals surface area (Å²) in [6.07, 6.45) is -2.22. The van der Waals surface area contributed by atoms with E-state index in [-0.39, 0.29) is 12.9 Å². The molecule has 1 aromatic carbocycles. The molecular formula is C13H16O5. The van der Waals surface area contributed by atoms with Gasteiger partial charge in [-0.25, -0.2) is 0 Å². The molecule has 5 nitrogen and oxygen atoms in total. The van der Waals surface area contributed by atoms with Crippen molar-refractivity contribution in [2.45, 2.75) is 18.8 Å². The second-order valence-electron chi connectivity index (χ2n) is 3.75. The van der Waals surface area contributed by atoms with E-state index in [4.69, 9.17) is 11.2 Å². The molecule has 1 aromatic rings. The highest BCUT2D eigenvalue weighted by Gasteiger charge is 2.27. The Labute approximate surface area is 106 Å². The van der Waals surface area contributed by atoms with Gasteiger partial charge in [0.1, 0.15) is 12.4 Å². The third-order valence-electron chi connectivity index (χ3n) is 2.48. The van der Waals surface area contributed by atoms with Crippen LogP contribution in [0.4, 0.5) is 0 Å². The van der Waals surface area contributed by atoms with Crippen LogP contribution < -0.4 is 0 Å². The molecule has 18 heavy (non-hydrogen) atoms. The largest absolute Gasteiger partial charge is 0.396 e. The Balaban J connectivity index is 2.62. The fraction of sp³-hybridized carbons (Fsp3) is 0.385. The first-order chi connectivity index (χ1) is 9.10. The number of aliphatic hydroxyl groups excluding tert-OH is 2. The van der Waals surface area contributed by atoms with Crippen molar-refractivity contribution in [3.63, 3.8) is 0 Å². The van der Waals surface area contributed by atoms with Crippen molar-refractivity contribution in [2.24, 2.45) is 5.92 Å². The van der Waals surface area contributed by atoms with E-state index in [0.29, 0.717) is 6.29 Å². The van der Waals surface area contributed by atoms with Crippen LogP contribution in [-0.4, -0.2) is 41.6 Å². The Bertz CT molecular complexity index is 395. The summed E-state index contributed by atoms with van der Waals surface area (Å²) in [7, 11) is 0. The second-order valence-corrected chi connectivity index (χ2v) is 3.75. The van der Waals surface area contributed by atoms with Crippen LogP contribution in [0.3, 0.4) is 0 Å². The number of aldehydes is 2. The van der Waals surface area contributed by atoms with Crippen molar-refractivity contribution in [3.8, 4) is 0 Å². The Morgan fingerprint density at radius 3 is 2.44 bits per heavy atom. The molecule has 2 N–H and O–H groups in total. The van der Waals surface area contributed by atoms with Crippen LogP contribution in [0, 0.1) is 5.92 Å². The van der Waals surface area contributed by atoms with Gasteiger partial charge in [-0.1, -0.05) is 30.3 Å². The molecule has 0 saturated heterocycles. The molecule has 0 radical (unpaired) electrons. The minimum Gasteiger partial charge on any atom is -0.396 e. The molecule has 0 aliphatic carbocycles. The van der Waals surface area contributed by atoms with Crippen LogP contribution in [0.5, 0.6) is 0 Å². The van der Waals surface area contributed by atoms with Gasteiger partial charge in [-0.3, -0.25) is 0 Å². The lowest BCUT2D eigenvalue weighted by molar-refractivity contribution is -0.135. The fourth-order valence-electron chi connectivity index (χ4n) is 1.41. The molecule has 1 unspecified atom stereocenters. The quantitative estimate of drug-likeness (QED) is 0.634. The van der Waals surface area contributed by atoms with E-state index in [2.05, 4.69) is 0 Å². The summed E-state index contributed by atoms with van der Waals surface area (Å²) < 4.78 is 12.2. The number of hydrogen-bond donors (Lipinski definition) is 2. The maximum Gasteiger partial charge on any atom is 0.151 e. The molecule has 5 heteroatoms. The van der Waals surface area contributed by atoms with E-state index in [9.17, 15) is 14.7 Å². The molecule has 0 saturated carbocycles. The van der Waals surface area contributed by atoms with E-state index >= 15 is 0 Å². The Morgan fingerprint density at radius 2 is 1.94 bits per heavy atom. The average Bonchev–Trinajstić information content (AvgIpc) is 2.41. The number of ether oxygens (including phenoxy) is 1.